The van der Waals surface area contributed by atoms with Crippen molar-refractivity contribution in [3.05, 3.63) is 87.5 Å². The van der Waals surface area contributed by atoms with Crippen LogP contribution in [0.2, 0.25) is 0 Å². The first-order valence-corrected chi connectivity index (χ1v) is 9.16. The molecule has 4 rings (SSSR count). The fourth-order valence-electron chi connectivity index (χ4n) is 2.80. The van der Waals surface area contributed by atoms with Crippen LogP contribution in [0.25, 0.3) is 16.1 Å². The fourth-order valence-corrected chi connectivity index (χ4v) is 3.63. The van der Waals surface area contributed by atoms with Crippen molar-refractivity contribution >= 4 is 16.3 Å². The van der Waals surface area contributed by atoms with Crippen molar-refractivity contribution in [2.45, 2.75) is 13.3 Å². The smallest absolute Gasteiger partial charge is 0.267 e. The van der Waals surface area contributed by atoms with Gasteiger partial charge >= 0.3 is 0 Å². The zero-order valence-corrected chi connectivity index (χ0v) is 15.0. The first-order chi connectivity index (χ1) is 12.8. The second kappa shape index (κ2) is 6.95. The van der Waals surface area contributed by atoms with Gasteiger partial charge in [0, 0.05) is 23.3 Å². The van der Waals surface area contributed by atoms with Crippen molar-refractivity contribution < 1.29 is 0 Å². The first-order valence-electron chi connectivity index (χ1n) is 8.28. The maximum absolute atomic E-state index is 13.3. The van der Waals surface area contributed by atoms with Gasteiger partial charge in [-0.05, 0) is 30.0 Å². The minimum atomic E-state index is -0.0710. The number of benzene rings is 1. The molecular weight excluding hydrogens is 342 g/mol. The molecule has 0 aliphatic rings. The highest BCUT2D eigenvalue weighted by Gasteiger charge is 2.16. The molecule has 0 fully saturated rings. The Balaban J connectivity index is 1.93. The molecule has 0 amide bonds. The number of pyridine rings is 1. The van der Waals surface area contributed by atoms with Crippen LogP contribution in [0.3, 0.4) is 0 Å². The van der Waals surface area contributed by atoms with Crippen LogP contribution in [0.5, 0.6) is 0 Å². The van der Waals surface area contributed by atoms with Crippen LogP contribution < -0.4 is 5.56 Å². The lowest BCUT2D eigenvalue weighted by molar-refractivity contribution is 0.982. The summed E-state index contributed by atoms with van der Waals surface area (Å²) in [6.45, 7) is 2.02. The molecule has 0 saturated heterocycles. The van der Waals surface area contributed by atoms with Gasteiger partial charge in [-0.2, -0.15) is 0 Å². The van der Waals surface area contributed by atoms with Crippen LogP contribution in [-0.4, -0.2) is 14.4 Å². The molecule has 0 aliphatic heterocycles. The zero-order chi connectivity index (χ0) is 17.9. The predicted molar refractivity (Wildman–Crippen MR) is 104 cm³/mol. The van der Waals surface area contributed by atoms with Crippen LogP contribution >= 0.6 is 11.3 Å². The molecule has 4 aromatic rings. The summed E-state index contributed by atoms with van der Waals surface area (Å²) in [5, 5.41) is 1.88. The van der Waals surface area contributed by atoms with Crippen LogP contribution in [-0.2, 0) is 6.42 Å². The number of thiazole rings is 1. The molecule has 0 atom stereocenters. The van der Waals surface area contributed by atoms with Gasteiger partial charge in [-0.15, -0.1) is 11.3 Å². The van der Waals surface area contributed by atoms with E-state index in [0.717, 1.165) is 16.8 Å². The Morgan fingerprint density at radius 1 is 1.08 bits per heavy atom. The summed E-state index contributed by atoms with van der Waals surface area (Å²) in [4.78, 5) is 22.6. The molecule has 0 bridgehead atoms. The third-order valence-corrected chi connectivity index (χ3v) is 4.88. The SMILES string of the molecule is CCc1nc2scc(C#Cc3ccncc3)n2c(=O)c1-c1ccccc1. The minimum absolute atomic E-state index is 0.0710. The predicted octanol–water partition coefficient (Wildman–Crippen LogP) is 3.78. The van der Waals surface area contributed by atoms with E-state index in [1.165, 1.54) is 11.3 Å². The average Bonchev–Trinajstić information content (AvgIpc) is 3.11. The summed E-state index contributed by atoms with van der Waals surface area (Å²) < 4.78 is 1.61. The molecule has 4 nitrogen and oxygen atoms in total. The van der Waals surface area contributed by atoms with Gasteiger partial charge in [-0.3, -0.25) is 9.78 Å². The van der Waals surface area contributed by atoms with E-state index in [2.05, 4.69) is 16.8 Å². The number of hydrogen-bond donors (Lipinski definition) is 0. The lowest BCUT2D eigenvalue weighted by Gasteiger charge is -2.07. The average molecular weight is 357 g/mol. The van der Waals surface area contributed by atoms with Crippen molar-refractivity contribution in [3.8, 4) is 23.0 Å². The maximum Gasteiger partial charge on any atom is 0.267 e. The van der Waals surface area contributed by atoms with Crippen molar-refractivity contribution in [1.82, 2.24) is 14.4 Å². The summed E-state index contributed by atoms with van der Waals surface area (Å²) in [6, 6.07) is 13.4. The molecule has 0 radical (unpaired) electrons. The Hall–Kier alpha value is -3.23. The number of rotatable bonds is 2. The van der Waals surface area contributed by atoms with E-state index in [-0.39, 0.29) is 5.56 Å². The van der Waals surface area contributed by atoms with Gasteiger partial charge < -0.3 is 0 Å². The second-order valence-electron chi connectivity index (χ2n) is 5.68. The Morgan fingerprint density at radius 3 is 2.58 bits per heavy atom. The molecule has 0 spiro atoms. The van der Waals surface area contributed by atoms with Crippen LogP contribution in [0, 0.1) is 11.8 Å². The summed E-state index contributed by atoms with van der Waals surface area (Å²) in [6.07, 6.45) is 4.10. The number of aromatic nitrogens is 3. The van der Waals surface area contributed by atoms with E-state index in [0.29, 0.717) is 22.6 Å². The Kier molecular flexibility index (Phi) is 4.34. The highest BCUT2D eigenvalue weighted by molar-refractivity contribution is 7.15. The standard InChI is InChI=1S/C21H15N3OS/c1-2-18-19(16-6-4-3-5-7-16)20(25)24-17(14-26-21(24)23-18)9-8-15-10-12-22-13-11-15/h3-7,10-14H,2H2,1H3. The van der Waals surface area contributed by atoms with Crippen LogP contribution in [0.15, 0.2) is 65.0 Å². The minimum Gasteiger partial charge on any atom is -0.268 e. The van der Waals surface area contributed by atoms with E-state index in [1.807, 2.05) is 54.8 Å². The summed E-state index contributed by atoms with van der Waals surface area (Å²) in [5.74, 6) is 6.18. The molecule has 0 unspecified atom stereocenters. The number of hydrogen-bond acceptors (Lipinski definition) is 4. The van der Waals surface area contributed by atoms with E-state index >= 15 is 0 Å². The second-order valence-corrected chi connectivity index (χ2v) is 6.52. The van der Waals surface area contributed by atoms with Gasteiger partial charge in [-0.25, -0.2) is 9.38 Å². The van der Waals surface area contributed by atoms with E-state index in [1.54, 1.807) is 16.8 Å². The van der Waals surface area contributed by atoms with Crippen molar-refractivity contribution in [2.24, 2.45) is 0 Å². The highest BCUT2D eigenvalue weighted by atomic mass is 32.1. The fraction of sp³-hybridized carbons (Fsp3) is 0.0952. The Bertz CT molecular complexity index is 1180. The maximum atomic E-state index is 13.3. The quantitative estimate of drug-likeness (QED) is 0.513. The van der Waals surface area contributed by atoms with Crippen LogP contribution in [0.1, 0.15) is 23.9 Å². The third kappa shape index (κ3) is 2.92. The van der Waals surface area contributed by atoms with Gasteiger partial charge in [0.1, 0.15) is 5.69 Å². The molecule has 3 aromatic heterocycles. The van der Waals surface area contributed by atoms with Gasteiger partial charge in [-0.1, -0.05) is 43.2 Å². The van der Waals surface area contributed by atoms with Crippen molar-refractivity contribution in [3.63, 3.8) is 0 Å². The highest BCUT2D eigenvalue weighted by Crippen LogP contribution is 2.22. The summed E-state index contributed by atoms with van der Waals surface area (Å²) >= 11 is 1.43. The molecule has 0 aliphatic carbocycles. The largest absolute Gasteiger partial charge is 0.268 e. The zero-order valence-electron chi connectivity index (χ0n) is 14.1. The first kappa shape index (κ1) is 16.2. The molecular formula is C21H15N3OS. The van der Waals surface area contributed by atoms with Gasteiger partial charge in [0.2, 0.25) is 0 Å². The number of nitrogens with zero attached hydrogens (tertiary/aromatic N) is 3. The normalized spacial score (nSPS) is 10.5. The monoisotopic (exact) mass is 357 g/mol. The lowest BCUT2D eigenvalue weighted by atomic mass is 10.0. The summed E-state index contributed by atoms with van der Waals surface area (Å²) in [7, 11) is 0. The van der Waals surface area contributed by atoms with E-state index in [4.69, 9.17) is 4.98 Å². The topological polar surface area (TPSA) is 47.3 Å². The third-order valence-electron chi connectivity index (χ3n) is 4.06. The number of fused-ring (bicyclic) bond motifs is 1. The van der Waals surface area contributed by atoms with E-state index < -0.39 is 0 Å². The summed E-state index contributed by atoms with van der Waals surface area (Å²) in [5.41, 5.74) is 3.79. The molecule has 5 heteroatoms. The molecule has 0 saturated carbocycles. The van der Waals surface area contributed by atoms with Gasteiger partial charge in [0.25, 0.3) is 5.56 Å². The Morgan fingerprint density at radius 2 is 1.85 bits per heavy atom. The molecule has 0 N–H and O–H groups in total. The molecule has 1 aromatic carbocycles. The van der Waals surface area contributed by atoms with Crippen molar-refractivity contribution in [2.75, 3.05) is 0 Å². The van der Waals surface area contributed by atoms with Crippen molar-refractivity contribution in [1.29, 1.82) is 0 Å². The molecule has 126 valence electrons. The molecule has 3 heterocycles. The number of aryl methyl sites for hydroxylation is 1. The van der Waals surface area contributed by atoms with Gasteiger partial charge in [0.05, 0.1) is 11.3 Å². The van der Waals surface area contributed by atoms with Crippen LogP contribution in [0.4, 0.5) is 0 Å². The lowest BCUT2D eigenvalue weighted by Crippen LogP contribution is -2.19. The van der Waals surface area contributed by atoms with E-state index in [9.17, 15) is 4.79 Å². The Labute approximate surface area is 154 Å². The van der Waals surface area contributed by atoms with Gasteiger partial charge in [0.15, 0.2) is 4.96 Å². The molecule has 26 heavy (non-hydrogen) atoms.